The Labute approximate surface area is 383 Å². The molecule has 0 rings (SSSR count). The van der Waals surface area contributed by atoms with Gasteiger partial charge in [-0.05, 0) is 51.4 Å². The molecule has 8 heteroatoms. The summed E-state index contributed by atoms with van der Waals surface area (Å²) in [4.78, 5) is 37.0. The van der Waals surface area contributed by atoms with Crippen LogP contribution in [0.2, 0.25) is 0 Å². The number of carbonyl (C=O) groups is 3. The average Bonchev–Trinajstić information content (AvgIpc) is 3.23. The average molecular weight is 874 g/mol. The molecule has 0 heterocycles. The van der Waals surface area contributed by atoms with Crippen LogP contribution < -0.4 is 5.11 Å². The Kier molecular flexibility index (Phi) is 43.3. The van der Waals surface area contributed by atoms with E-state index in [0.717, 1.165) is 57.8 Å². The number of quaternary nitrogens is 1. The minimum absolute atomic E-state index is 0.0416. The number of aliphatic carboxylic acids is 1. The van der Waals surface area contributed by atoms with Crippen LogP contribution in [-0.4, -0.2) is 75.5 Å². The van der Waals surface area contributed by atoms with Crippen LogP contribution in [-0.2, 0) is 28.6 Å². The van der Waals surface area contributed by atoms with Gasteiger partial charge in [0.25, 0.3) is 0 Å². The second-order valence-electron chi connectivity index (χ2n) is 18.8. The van der Waals surface area contributed by atoms with Crippen molar-refractivity contribution in [1.82, 2.24) is 0 Å². The Balaban J connectivity index is 4.23. The number of allylic oxidation sites excluding steroid dienone is 6. The molecule has 0 fully saturated rings. The van der Waals surface area contributed by atoms with E-state index < -0.39 is 18.1 Å². The number of hydrogen-bond donors (Lipinski definition) is 0. The second kappa shape index (κ2) is 45.1. The van der Waals surface area contributed by atoms with Crippen molar-refractivity contribution in [3.05, 3.63) is 36.5 Å². The first-order valence-corrected chi connectivity index (χ1v) is 26.0. The van der Waals surface area contributed by atoms with Crippen molar-refractivity contribution in [2.75, 3.05) is 41.0 Å². The number of carbonyl (C=O) groups excluding carboxylic acids is 3. The highest BCUT2D eigenvalue weighted by Crippen LogP contribution is 2.16. The molecule has 0 aliphatic carbocycles. The highest BCUT2D eigenvalue weighted by atomic mass is 16.6. The fourth-order valence-electron chi connectivity index (χ4n) is 7.73. The van der Waals surface area contributed by atoms with Gasteiger partial charge in [-0.15, -0.1) is 0 Å². The number of carboxylic acids is 1. The van der Waals surface area contributed by atoms with E-state index in [0.29, 0.717) is 12.8 Å². The van der Waals surface area contributed by atoms with Crippen molar-refractivity contribution in [3.63, 3.8) is 0 Å². The molecule has 0 radical (unpaired) electrons. The predicted molar refractivity (Wildman–Crippen MR) is 259 cm³/mol. The normalized spacial score (nSPS) is 13.1. The fourth-order valence-corrected chi connectivity index (χ4v) is 7.73. The Bertz CT molecular complexity index is 1110. The molecule has 2 unspecified atom stereocenters. The summed E-state index contributed by atoms with van der Waals surface area (Å²) >= 11 is 0. The van der Waals surface area contributed by atoms with E-state index in [2.05, 4.69) is 50.3 Å². The quantitative estimate of drug-likeness (QED) is 0.0260. The van der Waals surface area contributed by atoms with E-state index in [-0.39, 0.29) is 42.7 Å². The van der Waals surface area contributed by atoms with Gasteiger partial charge in [-0.1, -0.05) is 204 Å². The third-order valence-corrected chi connectivity index (χ3v) is 11.8. The van der Waals surface area contributed by atoms with Crippen LogP contribution in [0.25, 0.3) is 0 Å². The van der Waals surface area contributed by atoms with Gasteiger partial charge in [0.2, 0.25) is 0 Å². The van der Waals surface area contributed by atoms with Crippen LogP contribution in [0.1, 0.15) is 239 Å². The summed E-state index contributed by atoms with van der Waals surface area (Å²) in [6, 6.07) is -0.726. The second-order valence-corrected chi connectivity index (χ2v) is 18.8. The number of esters is 2. The maximum atomic E-state index is 12.8. The smallest absolute Gasteiger partial charge is 0.306 e. The molecule has 362 valence electrons. The molecule has 0 aromatic carbocycles. The summed E-state index contributed by atoms with van der Waals surface area (Å²) in [5.74, 6) is -1.73. The largest absolute Gasteiger partial charge is 0.544 e. The first-order chi connectivity index (χ1) is 30.1. The molecule has 0 spiro atoms. The molecule has 0 saturated carbocycles. The van der Waals surface area contributed by atoms with Crippen molar-refractivity contribution < 1.29 is 38.2 Å². The number of ether oxygens (including phenoxy) is 3. The molecule has 0 aromatic heterocycles. The van der Waals surface area contributed by atoms with Crippen LogP contribution in [0, 0.1) is 0 Å². The highest BCUT2D eigenvalue weighted by molar-refractivity contribution is 5.70. The Morgan fingerprint density at radius 1 is 0.484 bits per heavy atom. The topological polar surface area (TPSA) is 102 Å². The predicted octanol–water partition coefficient (Wildman–Crippen LogP) is 13.6. The SMILES string of the molecule is CCCCC/C=C/C/C=C/C/C=C/CCCCCCCCCCCC(=O)OC(COCCC(C(=O)[O-])[N+](C)(C)C)COC(=O)CCCCCCCCCCCCCCCCCC. The minimum Gasteiger partial charge on any atom is -0.544 e. The van der Waals surface area contributed by atoms with Gasteiger partial charge in [0.15, 0.2) is 6.10 Å². The lowest BCUT2D eigenvalue weighted by Crippen LogP contribution is -2.55. The highest BCUT2D eigenvalue weighted by Gasteiger charge is 2.25. The third kappa shape index (κ3) is 42.8. The van der Waals surface area contributed by atoms with Gasteiger partial charge in [0, 0.05) is 19.3 Å². The van der Waals surface area contributed by atoms with Crippen LogP contribution in [0.4, 0.5) is 0 Å². The number of hydrogen-bond acceptors (Lipinski definition) is 7. The van der Waals surface area contributed by atoms with Crippen LogP contribution in [0.5, 0.6) is 0 Å². The van der Waals surface area contributed by atoms with E-state index in [9.17, 15) is 19.5 Å². The maximum Gasteiger partial charge on any atom is 0.306 e. The van der Waals surface area contributed by atoms with Gasteiger partial charge in [0.05, 0.1) is 40.3 Å². The standard InChI is InChI=1S/C54H99NO7/c1-6-8-10-12-14-16-18-20-22-24-25-26-27-28-29-31-33-35-37-39-41-43-45-53(57)62-50(48-60-47-46-51(54(58)59)55(3,4)5)49-61-52(56)44-42-40-38-36-34-32-30-23-21-19-17-15-13-11-9-7-2/h14,16,20,22,25-26,50-51H,6-13,15,17-19,21,23-24,27-49H2,1-5H3/b16-14+,22-20+,26-25+. The van der Waals surface area contributed by atoms with E-state index in [1.165, 1.54) is 148 Å². The number of rotatable bonds is 47. The molecule has 0 aliphatic heterocycles. The Morgan fingerprint density at radius 3 is 1.29 bits per heavy atom. The number of unbranched alkanes of at least 4 members (excludes halogenated alkanes) is 27. The number of nitrogens with zero attached hydrogens (tertiary/aromatic N) is 1. The van der Waals surface area contributed by atoms with Gasteiger partial charge in [-0.3, -0.25) is 9.59 Å². The van der Waals surface area contributed by atoms with Crippen molar-refractivity contribution in [2.45, 2.75) is 251 Å². The Hall–Kier alpha value is -2.45. The first kappa shape index (κ1) is 59.5. The maximum absolute atomic E-state index is 12.8. The summed E-state index contributed by atoms with van der Waals surface area (Å²) in [5, 5.41) is 11.7. The molecule has 0 saturated heterocycles. The van der Waals surface area contributed by atoms with Gasteiger partial charge in [0.1, 0.15) is 12.6 Å². The van der Waals surface area contributed by atoms with Gasteiger partial charge in [-0.25, -0.2) is 0 Å². The van der Waals surface area contributed by atoms with Crippen LogP contribution in [0.3, 0.4) is 0 Å². The summed E-state index contributed by atoms with van der Waals surface area (Å²) in [6.45, 7) is 4.66. The fraction of sp³-hybridized carbons (Fsp3) is 0.833. The lowest BCUT2D eigenvalue weighted by molar-refractivity contribution is -0.889. The molecule has 2 atom stereocenters. The van der Waals surface area contributed by atoms with E-state index in [1.807, 2.05) is 0 Å². The summed E-state index contributed by atoms with van der Waals surface area (Å²) in [6.07, 6.45) is 53.1. The molecule has 0 aliphatic rings. The van der Waals surface area contributed by atoms with Crippen LogP contribution in [0.15, 0.2) is 36.5 Å². The van der Waals surface area contributed by atoms with E-state index in [4.69, 9.17) is 14.2 Å². The van der Waals surface area contributed by atoms with Gasteiger partial charge >= 0.3 is 11.9 Å². The zero-order valence-corrected chi connectivity index (χ0v) is 41.3. The third-order valence-electron chi connectivity index (χ3n) is 11.8. The van der Waals surface area contributed by atoms with Gasteiger partial charge in [-0.2, -0.15) is 0 Å². The van der Waals surface area contributed by atoms with Crippen molar-refractivity contribution in [1.29, 1.82) is 0 Å². The molecular formula is C54H99NO7. The molecule has 0 amide bonds. The summed E-state index contributed by atoms with van der Waals surface area (Å²) < 4.78 is 17.3. The van der Waals surface area contributed by atoms with E-state index >= 15 is 0 Å². The molecular weight excluding hydrogens is 775 g/mol. The summed E-state index contributed by atoms with van der Waals surface area (Å²) in [7, 11) is 5.42. The zero-order valence-electron chi connectivity index (χ0n) is 41.3. The molecule has 0 aromatic rings. The molecule has 62 heavy (non-hydrogen) atoms. The number of carboxylic acid groups (broad SMARTS) is 1. The van der Waals surface area contributed by atoms with Crippen molar-refractivity contribution in [2.24, 2.45) is 0 Å². The van der Waals surface area contributed by atoms with E-state index in [1.54, 1.807) is 21.1 Å². The molecule has 0 bridgehead atoms. The monoisotopic (exact) mass is 874 g/mol. The zero-order chi connectivity index (χ0) is 45.6. The van der Waals surface area contributed by atoms with Crippen molar-refractivity contribution >= 4 is 17.9 Å². The first-order valence-electron chi connectivity index (χ1n) is 26.0. The Morgan fingerprint density at radius 2 is 0.855 bits per heavy atom. The molecule has 8 nitrogen and oxygen atoms in total. The lowest BCUT2D eigenvalue weighted by Gasteiger charge is -2.34. The lowest BCUT2D eigenvalue weighted by atomic mass is 10.0. The van der Waals surface area contributed by atoms with Gasteiger partial charge < -0.3 is 28.6 Å². The van der Waals surface area contributed by atoms with Crippen molar-refractivity contribution in [3.8, 4) is 0 Å². The molecule has 0 N–H and O–H groups in total. The van der Waals surface area contributed by atoms with Crippen LogP contribution >= 0.6 is 0 Å². The summed E-state index contributed by atoms with van der Waals surface area (Å²) in [5.41, 5.74) is 0. The minimum atomic E-state index is -1.12. The number of likely N-dealkylation sites (N-methyl/N-ethyl adjacent to an activating group) is 1.